The Hall–Kier alpha value is -1.75. The van der Waals surface area contributed by atoms with Crippen LogP contribution in [0.3, 0.4) is 0 Å². The normalized spacial score (nSPS) is 10.3. The van der Waals surface area contributed by atoms with Gasteiger partial charge in [0, 0.05) is 5.38 Å². The molecule has 0 saturated carbocycles. The average Bonchev–Trinajstić information content (AvgIpc) is 2.81. The molecule has 18 heavy (non-hydrogen) atoms. The third-order valence-electron chi connectivity index (χ3n) is 2.26. The Kier molecular flexibility index (Phi) is 4.41. The summed E-state index contributed by atoms with van der Waals surface area (Å²) in [5.41, 5.74) is 6.41. The first kappa shape index (κ1) is 12.7. The first-order valence-corrected chi connectivity index (χ1v) is 6.72. The molecule has 96 valence electrons. The van der Waals surface area contributed by atoms with Gasteiger partial charge < -0.3 is 15.2 Å². The van der Waals surface area contributed by atoms with Gasteiger partial charge in [-0.15, -0.1) is 11.3 Å². The first-order valence-electron chi connectivity index (χ1n) is 5.84. The molecule has 2 rings (SSSR count). The van der Waals surface area contributed by atoms with Gasteiger partial charge in [0.15, 0.2) is 16.6 Å². The van der Waals surface area contributed by atoms with Crippen LogP contribution in [0, 0.1) is 0 Å². The second-order valence-electron chi connectivity index (χ2n) is 3.76. The number of ether oxygens (including phenoxy) is 2. The summed E-state index contributed by atoms with van der Waals surface area (Å²) in [5.74, 6) is 1.50. The molecular formula is C13H16N2O2S. The number of thiazole rings is 1. The van der Waals surface area contributed by atoms with Crippen molar-refractivity contribution in [2.75, 3.05) is 12.3 Å². The monoisotopic (exact) mass is 264 g/mol. The molecule has 4 nitrogen and oxygen atoms in total. The van der Waals surface area contributed by atoms with Gasteiger partial charge in [-0.1, -0.05) is 19.1 Å². The molecule has 0 spiro atoms. The maximum Gasteiger partial charge on any atom is 0.180 e. The summed E-state index contributed by atoms with van der Waals surface area (Å²) < 4.78 is 11.3. The molecule has 1 aromatic carbocycles. The summed E-state index contributed by atoms with van der Waals surface area (Å²) in [7, 11) is 0. The quantitative estimate of drug-likeness (QED) is 0.871. The van der Waals surface area contributed by atoms with Crippen LogP contribution >= 0.6 is 11.3 Å². The molecule has 0 aliphatic rings. The fourth-order valence-corrected chi connectivity index (χ4v) is 1.99. The van der Waals surface area contributed by atoms with Crippen molar-refractivity contribution in [1.29, 1.82) is 0 Å². The molecule has 0 atom stereocenters. The SMILES string of the molecule is CCCOc1ccccc1OCc1csc(N)n1. The third-order valence-corrected chi connectivity index (χ3v) is 2.98. The van der Waals surface area contributed by atoms with E-state index in [1.165, 1.54) is 11.3 Å². The molecule has 0 fully saturated rings. The fraction of sp³-hybridized carbons (Fsp3) is 0.308. The van der Waals surface area contributed by atoms with Gasteiger partial charge in [0.1, 0.15) is 6.61 Å². The molecule has 0 unspecified atom stereocenters. The van der Waals surface area contributed by atoms with Crippen molar-refractivity contribution in [3.05, 3.63) is 35.3 Å². The standard InChI is InChI=1S/C13H16N2O2S/c1-2-7-16-11-5-3-4-6-12(11)17-8-10-9-18-13(14)15-10/h3-6,9H,2,7-8H2,1H3,(H2,14,15). The van der Waals surface area contributed by atoms with Crippen molar-refractivity contribution < 1.29 is 9.47 Å². The topological polar surface area (TPSA) is 57.4 Å². The van der Waals surface area contributed by atoms with Crippen LogP contribution in [-0.2, 0) is 6.61 Å². The summed E-state index contributed by atoms with van der Waals surface area (Å²) in [6.45, 7) is 3.16. The van der Waals surface area contributed by atoms with E-state index in [0.717, 1.165) is 23.6 Å². The van der Waals surface area contributed by atoms with Crippen molar-refractivity contribution in [3.8, 4) is 11.5 Å². The van der Waals surface area contributed by atoms with Crippen LogP contribution in [0.25, 0.3) is 0 Å². The van der Waals surface area contributed by atoms with E-state index in [-0.39, 0.29) is 0 Å². The number of hydrogen-bond donors (Lipinski definition) is 1. The molecule has 0 aliphatic heterocycles. The van der Waals surface area contributed by atoms with Gasteiger partial charge in [-0.3, -0.25) is 0 Å². The van der Waals surface area contributed by atoms with E-state index in [1.54, 1.807) is 0 Å². The number of rotatable bonds is 6. The van der Waals surface area contributed by atoms with Gasteiger partial charge >= 0.3 is 0 Å². The Balaban J connectivity index is 1.99. The molecule has 1 heterocycles. The van der Waals surface area contributed by atoms with E-state index in [4.69, 9.17) is 15.2 Å². The van der Waals surface area contributed by atoms with Crippen LogP contribution in [0.4, 0.5) is 5.13 Å². The number of nitrogens with zero attached hydrogens (tertiary/aromatic N) is 1. The van der Waals surface area contributed by atoms with Crippen LogP contribution in [0.15, 0.2) is 29.6 Å². The van der Waals surface area contributed by atoms with Crippen LogP contribution in [0.2, 0.25) is 0 Å². The van der Waals surface area contributed by atoms with Gasteiger partial charge in [-0.05, 0) is 18.6 Å². The van der Waals surface area contributed by atoms with Crippen molar-refractivity contribution >= 4 is 16.5 Å². The Morgan fingerprint density at radius 2 is 1.94 bits per heavy atom. The van der Waals surface area contributed by atoms with Crippen molar-refractivity contribution in [2.24, 2.45) is 0 Å². The molecule has 2 aromatic rings. The van der Waals surface area contributed by atoms with Gasteiger partial charge in [0.2, 0.25) is 0 Å². The number of hydrogen-bond acceptors (Lipinski definition) is 5. The molecule has 0 aliphatic carbocycles. The number of nitrogens with two attached hydrogens (primary N) is 1. The lowest BCUT2D eigenvalue weighted by Crippen LogP contribution is -2.01. The molecule has 0 radical (unpaired) electrons. The van der Waals surface area contributed by atoms with E-state index < -0.39 is 0 Å². The maximum atomic E-state index is 5.70. The minimum atomic E-state index is 0.403. The summed E-state index contributed by atoms with van der Waals surface area (Å²) in [5, 5.41) is 2.45. The molecule has 2 N–H and O–H groups in total. The lowest BCUT2D eigenvalue weighted by molar-refractivity contribution is 0.260. The fourth-order valence-electron chi connectivity index (χ4n) is 1.44. The maximum absolute atomic E-state index is 5.70. The average molecular weight is 264 g/mol. The summed E-state index contributed by atoms with van der Waals surface area (Å²) in [6, 6.07) is 7.64. The minimum Gasteiger partial charge on any atom is -0.490 e. The highest BCUT2D eigenvalue weighted by Crippen LogP contribution is 2.27. The predicted octanol–water partition coefficient (Wildman–Crippen LogP) is 3.09. The van der Waals surface area contributed by atoms with E-state index in [0.29, 0.717) is 18.3 Å². The van der Waals surface area contributed by atoms with E-state index >= 15 is 0 Å². The second kappa shape index (κ2) is 6.26. The summed E-state index contributed by atoms with van der Waals surface area (Å²) >= 11 is 1.41. The van der Waals surface area contributed by atoms with Crippen molar-refractivity contribution in [2.45, 2.75) is 20.0 Å². The van der Waals surface area contributed by atoms with Gasteiger partial charge in [0.05, 0.1) is 12.3 Å². The summed E-state index contributed by atoms with van der Waals surface area (Å²) in [6.07, 6.45) is 0.969. The van der Waals surface area contributed by atoms with Crippen LogP contribution in [0.1, 0.15) is 19.0 Å². The van der Waals surface area contributed by atoms with Crippen molar-refractivity contribution in [1.82, 2.24) is 4.98 Å². The molecule has 1 aromatic heterocycles. The van der Waals surface area contributed by atoms with Crippen molar-refractivity contribution in [3.63, 3.8) is 0 Å². The largest absolute Gasteiger partial charge is 0.490 e. The van der Waals surface area contributed by atoms with Gasteiger partial charge in [-0.2, -0.15) is 0 Å². The van der Waals surface area contributed by atoms with E-state index in [1.807, 2.05) is 29.6 Å². The smallest absolute Gasteiger partial charge is 0.180 e. The molecule has 0 amide bonds. The molecule has 0 saturated heterocycles. The number of nitrogen functional groups attached to an aromatic ring is 1. The first-order chi connectivity index (χ1) is 8.79. The summed E-state index contributed by atoms with van der Waals surface area (Å²) in [4.78, 5) is 4.15. The van der Waals surface area contributed by atoms with E-state index in [9.17, 15) is 0 Å². The zero-order valence-electron chi connectivity index (χ0n) is 10.3. The van der Waals surface area contributed by atoms with Gasteiger partial charge in [-0.25, -0.2) is 4.98 Å². The predicted molar refractivity (Wildman–Crippen MR) is 73.1 cm³/mol. The highest BCUT2D eigenvalue weighted by molar-refractivity contribution is 7.13. The number of aromatic nitrogens is 1. The number of benzene rings is 1. The number of anilines is 1. The highest BCUT2D eigenvalue weighted by atomic mass is 32.1. The number of para-hydroxylation sites is 2. The Labute approximate surface area is 110 Å². The van der Waals surface area contributed by atoms with Crippen LogP contribution < -0.4 is 15.2 Å². The minimum absolute atomic E-state index is 0.403. The van der Waals surface area contributed by atoms with Gasteiger partial charge in [0.25, 0.3) is 0 Å². The Bertz CT molecular complexity index is 499. The van der Waals surface area contributed by atoms with Crippen LogP contribution in [-0.4, -0.2) is 11.6 Å². The second-order valence-corrected chi connectivity index (χ2v) is 4.65. The molecular weight excluding hydrogens is 248 g/mol. The lowest BCUT2D eigenvalue weighted by atomic mass is 10.3. The Morgan fingerprint density at radius 3 is 2.56 bits per heavy atom. The Morgan fingerprint density at radius 1 is 1.22 bits per heavy atom. The van der Waals surface area contributed by atoms with E-state index in [2.05, 4.69) is 11.9 Å². The van der Waals surface area contributed by atoms with Crippen LogP contribution in [0.5, 0.6) is 11.5 Å². The molecule has 0 bridgehead atoms. The third kappa shape index (κ3) is 3.37. The molecule has 5 heteroatoms. The zero-order chi connectivity index (χ0) is 12.8. The zero-order valence-corrected chi connectivity index (χ0v) is 11.1. The lowest BCUT2D eigenvalue weighted by Gasteiger charge is -2.11. The highest BCUT2D eigenvalue weighted by Gasteiger charge is 2.05.